The Morgan fingerprint density at radius 1 is 0.864 bits per heavy atom. The molecule has 0 aliphatic carbocycles. The zero-order valence-corrected chi connectivity index (χ0v) is 12.5. The fraction of sp³-hybridized carbons (Fsp3) is 0.111. The molecule has 0 aliphatic heterocycles. The van der Waals surface area contributed by atoms with Crippen LogP contribution in [0.3, 0.4) is 0 Å². The van der Waals surface area contributed by atoms with Crippen molar-refractivity contribution in [2.45, 2.75) is 13.8 Å². The number of aryl methyl sites for hydroxylation is 1. The fourth-order valence-electron chi connectivity index (χ4n) is 2.44. The summed E-state index contributed by atoms with van der Waals surface area (Å²) < 4.78 is 1.16. The standard InChI is InChI=1S/C18H16N2O2/c1-12-8-10-14(11-9-12)16-13(2)17(21)20(18(22)19-16)15-6-4-3-5-7-15/h3-11H,1-2H3,(H,19,22). The second kappa shape index (κ2) is 5.48. The molecule has 0 aliphatic rings. The van der Waals surface area contributed by atoms with E-state index in [1.54, 1.807) is 31.2 Å². The van der Waals surface area contributed by atoms with Crippen LogP contribution in [0.5, 0.6) is 0 Å². The van der Waals surface area contributed by atoms with E-state index in [0.717, 1.165) is 15.7 Å². The first kappa shape index (κ1) is 14.1. The van der Waals surface area contributed by atoms with E-state index >= 15 is 0 Å². The number of para-hydroxylation sites is 1. The van der Waals surface area contributed by atoms with Gasteiger partial charge < -0.3 is 4.98 Å². The monoisotopic (exact) mass is 292 g/mol. The first-order chi connectivity index (χ1) is 10.6. The lowest BCUT2D eigenvalue weighted by Crippen LogP contribution is -2.35. The molecule has 1 aromatic heterocycles. The van der Waals surface area contributed by atoms with Crippen LogP contribution in [-0.2, 0) is 0 Å². The predicted molar refractivity (Wildman–Crippen MR) is 87.6 cm³/mol. The Labute approximate surface area is 127 Å². The summed E-state index contributed by atoms with van der Waals surface area (Å²) in [5.74, 6) is 0. The maximum absolute atomic E-state index is 12.6. The summed E-state index contributed by atoms with van der Waals surface area (Å²) in [6.45, 7) is 3.72. The molecule has 2 aromatic carbocycles. The van der Waals surface area contributed by atoms with Gasteiger partial charge in [0, 0.05) is 5.56 Å². The van der Waals surface area contributed by atoms with Gasteiger partial charge in [-0.3, -0.25) is 4.79 Å². The largest absolute Gasteiger partial charge is 0.333 e. The van der Waals surface area contributed by atoms with E-state index < -0.39 is 5.69 Å². The summed E-state index contributed by atoms with van der Waals surface area (Å²) in [7, 11) is 0. The normalized spacial score (nSPS) is 10.6. The lowest BCUT2D eigenvalue weighted by atomic mass is 10.1. The lowest BCUT2D eigenvalue weighted by molar-refractivity contribution is 0.864. The Hall–Kier alpha value is -2.88. The van der Waals surface area contributed by atoms with Gasteiger partial charge in [-0.2, -0.15) is 0 Å². The van der Waals surface area contributed by atoms with Crippen LogP contribution in [0, 0.1) is 13.8 Å². The molecule has 4 heteroatoms. The molecule has 0 fully saturated rings. The molecule has 0 amide bonds. The van der Waals surface area contributed by atoms with Gasteiger partial charge in [0.25, 0.3) is 5.56 Å². The zero-order chi connectivity index (χ0) is 15.7. The Morgan fingerprint density at radius 3 is 2.14 bits per heavy atom. The minimum absolute atomic E-state index is 0.300. The SMILES string of the molecule is Cc1ccc(-c2[nH]c(=O)n(-c3ccccc3)c(=O)c2C)cc1. The first-order valence-electron chi connectivity index (χ1n) is 7.06. The van der Waals surface area contributed by atoms with Crippen molar-refractivity contribution in [3.63, 3.8) is 0 Å². The summed E-state index contributed by atoms with van der Waals surface area (Å²) in [6, 6.07) is 16.6. The molecule has 110 valence electrons. The van der Waals surface area contributed by atoms with Crippen molar-refractivity contribution in [1.29, 1.82) is 0 Å². The van der Waals surface area contributed by atoms with Crippen LogP contribution in [0.15, 0.2) is 64.2 Å². The molecule has 4 nitrogen and oxygen atoms in total. The van der Waals surface area contributed by atoms with E-state index in [1.165, 1.54) is 0 Å². The molecule has 22 heavy (non-hydrogen) atoms. The van der Waals surface area contributed by atoms with Crippen molar-refractivity contribution in [2.24, 2.45) is 0 Å². The molecule has 0 unspecified atom stereocenters. The van der Waals surface area contributed by atoms with E-state index in [9.17, 15) is 9.59 Å². The van der Waals surface area contributed by atoms with Crippen LogP contribution in [0.25, 0.3) is 16.9 Å². The number of aromatic amines is 1. The van der Waals surface area contributed by atoms with E-state index in [1.807, 2.05) is 37.3 Å². The van der Waals surface area contributed by atoms with E-state index in [-0.39, 0.29) is 5.56 Å². The Balaban J connectivity index is 2.24. The number of hydrogen-bond donors (Lipinski definition) is 1. The van der Waals surface area contributed by atoms with Crippen molar-refractivity contribution < 1.29 is 0 Å². The lowest BCUT2D eigenvalue weighted by Gasteiger charge is -2.10. The Morgan fingerprint density at radius 2 is 1.50 bits per heavy atom. The summed E-state index contributed by atoms with van der Waals surface area (Å²) >= 11 is 0. The highest BCUT2D eigenvalue weighted by Crippen LogP contribution is 2.18. The molecule has 0 saturated carbocycles. The highest BCUT2D eigenvalue weighted by Gasteiger charge is 2.12. The molecule has 3 aromatic rings. The number of nitrogens with one attached hydrogen (secondary N) is 1. The van der Waals surface area contributed by atoms with Gasteiger partial charge in [-0.25, -0.2) is 9.36 Å². The summed E-state index contributed by atoms with van der Waals surface area (Å²) in [5.41, 5.74) is 2.88. The van der Waals surface area contributed by atoms with Crippen LogP contribution in [0.1, 0.15) is 11.1 Å². The molecule has 0 atom stereocenters. The molecule has 1 N–H and O–H groups in total. The molecule has 0 spiro atoms. The summed E-state index contributed by atoms with van der Waals surface area (Å²) in [6.07, 6.45) is 0. The highest BCUT2D eigenvalue weighted by molar-refractivity contribution is 5.62. The summed E-state index contributed by atoms with van der Waals surface area (Å²) in [5, 5.41) is 0. The van der Waals surface area contributed by atoms with Crippen LogP contribution >= 0.6 is 0 Å². The number of benzene rings is 2. The minimum Gasteiger partial charge on any atom is -0.306 e. The van der Waals surface area contributed by atoms with Gasteiger partial charge in [-0.1, -0.05) is 48.0 Å². The quantitative estimate of drug-likeness (QED) is 0.789. The topological polar surface area (TPSA) is 54.9 Å². The van der Waals surface area contributed by atoms with Crippen molar-refractivity contribution >= 4 is 0 Å². The first-order valence-corrected chi connectivity index (χ1v) is 7.06. The number of aromatic nitrogens is 2. The van der Waals surface area contributed by atoms with Gasteiger partial charge in [-0.05, 0) is 31.5 Å². The minimum atomic E-state index is -0.433. The maximum Gasteiger partial charge on any atom is 0.333 e. The zero-order valence-electron chi connectivity index (χ0n) is 12.5. The average molecular weight is 292 g/mol. The Kier molecular flexibility index (Phi) is 3.51. The van der Waals surface area contributed by atoms with Gasteiger partial charge >= 0.3 is 5.69 Å². The molecule has 0 saturated heterocycles. The van der Waals surface area contributed by atoms with Crippen LogP contribution < -0.4 is 11.2 Å². The number of H-pyrrole nitrogens is 1. The van der Waals surface area contributed by atoms with Gasteiger partial charge in [0.15, 0.2) is 0 Å². The van der Waals surface area contributed by atoms with Crippen molar-refractivity contribution in [1.82, 2.24) is 9.55 Å². The van der Waals surface area contributed by atoms with Crippen LogP contribution in [-0.4, -0.2) is 9.55 Å². The van der Waals surface area contributed by atoms with Crippen molar-refractivity contribution in [3.05, 3.63) is 86.6 Å². The smallest absolute Gasteiger partial charge is 0.306 e. The maximum atomic E-state index is 12.6. The van der Waals surface area contributed by atoms with Crippen molar-refractivity contribution in [3.8, 4) is 16.9 Å². The second-order valence-electron chi connectivity index (χ2n) is 5.27. The third kappa shape index (κ3) is 2.39. The van der Waals surface area contributed by atoms with Gasteiger partial charge in [0.05, 0.1) is 11.4 Å². The van der Waals surface area contributed by atoms with Gasteiger partial charge in [-0.15, -0.1) is 0 Å². The number of nitrogens with zero attached hydrogens (tertiary/aromatic N) is 1. The molecule has 0 radical (unpaired) electrons. The fourth-order valence-corrected chi connectivity index (χ4v) is 2.44. The number of rotatable bonds is 2. The molecule has 3 rings (SSSR count). The Bertz CT molecular complexity index is 920. The third-order valence-corrected chi connectivity index (χ3v) is 3.69. The van der Waals surface area contributed by atoms with Crippen molar-refractivity contribution in [2.75, 3.05) is 0 Å². The predicted octanol–water partition coefficient (Wildman–Crippen LogP) is 2.81. The van der Waals surface area contributed by atoms with E-state index in [0.29, 0.717) is 16.9 Å². The molecule has 0 bridgehead atoms. The molecular formula is C18H16N2O2. The molecule has 1 heterocycles. The van der Waals surface area contributed by atoms with E-state index in [2.05, 4.69) is 4.98 Å². The van der Waals surface area contributed by atoms with Crippen LogP contribution in [0.4, 0.5) is 0 Å². The second-order valence-corrected chi connectivity index (χ2v) is 5.27. The highest BCUT2D eigenvalue weighted by atomic mass is 16.2. The van der Waals surface area contributed by atoms with Gasteiger partial charge in [0.1, 0.15) is 0 Å². The average Bonchev–Trinajstić information content (AvgIpc) is 2.53. The third-order valence-electron chi connectivity index (χ3n) is 3.69. The van der Waals surface area contributed by atoms with Crippen LogP contribution in [0.2, 0.25) is 0 Å². The molecular weight excluding hydrogens is 276 g/mol. The number of hydrogen-bond acceptors (Lipinski definition) is 2. The summed E-state index contributed by atoms with van der Waals surface area (Å²) in [4.78, 5) is 27.8. The van der Waals surface area contributed by atoms with E-state index in [4.69, 9.17) is 0 Å². The van der Waals surface area contributed by atoms with Gasteiger partial charge in [0.2, 0.25) is 0 Å².